The number of hydrogen-bond donors (Lipinski definition) is 0. The molecule has 2 aliphatic heterocycles. The first-order valence-corrected chi connectivity index (χ1v) is 5.31. The van der Waals surface area contributed by atoms with Crippen molar-refractivity contribution in [2.75, 3.05) is 0 Å². The fourth-order valence-corrected chi connectivity index (χ4v) is 1.98. The van der Waals surface area contributed by atoms with Gasteiger partial charge in [0.05, 0.1) is 5.70 Å². The molecule has 0 aromatic heterocycles. The van der Waals surface area contributed by atoms with Gasteiger partial charge in [0.2, 0.25) is 0 Å². The molecule has 2 bridgehead atoms. The fraction of sp³-hybridized carbons (Fsp3) is 0.385. The third-order valence-electron chi connectivity index (χ3n) is 3.39. The summed E-state index contributed by atoms with van der Waals surface area (Å²) >= 11 is 0. The van der Waals surface area contributed by atoms with E-state index in [0.29, 0.717) is 5.92 Å². The summed E-state index contributed by atoms with van der Waals surface area (Å²) in [5.41, 5.74) is 2.30. The minimum atomic E-state index is -0.0278. The summed E-state index contributed by atoms with van der Waals surface area (Å²) in [6.07, 6.45) is 11.7. The molecular formula is C13H16N2. The number of hydrogen-bond acceptors (Lipinski definition) is 2. The lowest BCUT2D eigenvalue weighted by Gasteiger charge is -2.34. The van der Waals surface area contributed by atoms with Crippen LogP contribution >= 0.6 is 0 Å². The smallest absolute Gasteiger partial charge is 0.0524 e. The van der Waals surface area contributed by atoms with Gasteiger partial charge in [-0.1, -0.05) is 19.9 Å². The first kappa shape index (κ1) is 10.1. The van der Waals surface area contributed by atoms with Crippen molar-refractivity contribution in [3.8, 4) is 0 Å². The molecule has 0 aromatic carbocycles. The SMILES string of the molecule is CC(C)C1(C)C2=CN=CC=C1N=CC=C2. The number of fused-ring (bicyclic) bond motifs is 2. The molecule has 1 atom stereocenters. The van der Waals surface area contributed by atoms with Crippen LogP contribution in [0.15, 0.2) is 45.7 Å². The molecule has 2 heterocycles. The summed E-state index contributed by atoms with van der Waals surface area (Å²) in [6, 6.07) is 0. The fourth-order valence-electron chi connectivity index (χ4n) is 1.98. The minimum Gasteiger partial charge on any atom is -0.264 e. The maximum atomic E-state index is 4.50. The van der Waals surface area contributed by atoms with E-state index in [1.54, 1.807) is 0 Å². The normalized spacial score (nSPS) is 28.5. The van der Waals surface area contributed by atoms with Crippen molar-refractivity contribution < 1.29 is 0 Å². The van der Waals surface area contributed by atoms with E-state index < -0.39 is 0 Å². The summed E-state index contributed by atoms with van der Waals surface area (Å²) in [7, 11) is 0. The average Bonchev–Trinajstić information content (AvgIpc) is 2.47. The first-order valence-electron chi connectivity index (χ1n) is 5.31. The Morgan fingerprint density at radius 2 is 2.07 bits per heavy atom. The number of allylic oxidation sites excluding steroid dienone is 4. The third kappa shape index (κ3) is 1.50. The van der Waals surface area contributed by atoms with Crippen molar-refractivity contribution in [2.45, 2.75) is 20.8 Å². The second kappa shape index (κ2) is 3.61. The van der Waals surface area contributed by atoms with Gasteiger partial charge in [-0.05, 0) is 30.6 Å². The number of nitrogens with zero attached hydrogens (tertiary/aromatic N) is 2. The second-order valence-electron chi connectivity index (χ2n) is 4.43. The highest BCUT2D eigenvalue weighted by Gasteiger charge is 2.36. The Kier molecular flexibility index (Phi) is 2.43. The maximum absolute atomic E-state index is 4.50. The highest BCUT2D eigenvalue weighted by Crippen LogP contribution is 2.44. The van der Waals surface area contributed by atoms with Crippen molar-refractivity contribution in [1.29, 1.82) is 0 Å². The van der Waals surface area contributed by atoms with Gasteiger partial charge < -0.3 is 0 Å². The second-order valence-corrected chi connectivity index (χ2v) is 4.43. The molecule has 0 fully saturated rings. The van der Waals surface area contributed by atoms with Crippen LogP contribution in [0.3, 0.4) is 0 Å². The van der Waals surface area contributed by atoms with Gasteiger partial charge in [-0.3, -0.25) is 9.98 Å². The Balaban J connectivity index is 2.64. The molecule has 0 aromatic rings. The molecule has 0 N–H and O–H groups in total. The number of aliphatic imine (C=N–C) groups is 2. The zero-order valence-corrected chi connectivity index (χ0v) is 9.44. The molecule has 1 unspecified atom stereocenters. The van der Waals surface area contributed by atoms with Crippen LogP contribution in [0, 0.1) is 11.3 Å². The number of rotatable bonds is 1. The molecule has 78 valence electrons. The molecule has 2 nitrogen and oxygen atoms in total. The first-order chi connectivity index (χ1) is 7.15. The van der Waals surface area contributed by atoms with Gasteiger partial charge in [0, 0.05) is 24.0 Å². The molecule has 0 radical (unpaired) electrons. The van der Waals surface area contributed by atoms with Crippen LogP contribution < -0.4 is 0 Å². The molecule has 15 heavy (non-hydrogen) atoms. The van der Waals surface area contributed by atoms with Crippen molar-refractivity contribution in [2.24, 2.45) is 21.3 Å². The van der Waals surface area contributed by atoms with Crippen LogP contribution in [0.5, 0.6) is 0 Å². The molecule has 2 heteroatoms. The van der Waals surface area contributed by atoms with Crippen LogP contribution in [-0.2, 0) is 0 Å². The Labute approximate surface area is 90.8 Å². The monoisotopic (exact) mass is 200 g/mol. The molecule has 2 rings (SSSR count). The highest BCUT2D eigenvalue weighted by molar-refractivity contribution is 5.80. The van der Waals surface area contributed by atoms with Crippen molar-refractivity contribution in [3.05, 3.63) is 35.7 Å². The van der Waals surface area contributed by atoms with Gasteiger partial charge >= 0.3 is 0 Å². The van der Waals surface area contributed by atoms with E-state index in [1.807, 2.05) is 30.8 Å². The molecule has 0 saturated heterocycles. The highest BCUT2D eigenvalue weighted by atomic mass is 14.8. The van der Waals surface area contributed by atoms with Crippen LogP contribution in [0.1, 0.15) is 20.8 Å². The van der Waals surface area contributed by atoms with Gasteiger partial charge in [-0.15, -0.1) is 0 Å². The predicted molar refractivity (Wildman–Crippen MR) is 65.2 cm³/mol. The Morgan fingerprint density at radius 3 is 2.80 bits per heavy atom. The maximum Gasteiger partial charge on any atom is 0.0524 e. The lowest BCUT2D eigenvalue weighted by Crippen LogP contribution is -2.26. The van der Waals surface area contributed by atoms with Crippen LogP contribution in [0.25, 0.3) is 0 Å². The molecule has 0 aliphatic carbocycles. The Bertz CT molecular complexity index is 374. The summed E-state index contributed by atoms with van der Waals surface area (Å²) in [6.45, 7) is 6.68. The van der Waals surface area contributed by atoms with Gasteiger partial charge in [-0.2, -0.15) is 0 Å². The largest absolute Gasteiger partial charge is 0.264 e. The van der Waals surface area contributed by atoms with E-state index in [1.165, 1.54) is 5.57 Å². The van der Waals surface area contributed by atoms with E-state index in [2.05, 4.69) is 36.8 Å². The minimum absolute atomic E-state index is 0.0278. The summed E-state index contributed by atoms with van der Waals surface area (Å²) in [5, 5.41) is 0. The van der Waals surface area contributed by atoms with Crippen LogP contribution in [0.2, 0.25) is 0 Å². The van der Waals surface area contributed by atoms with E-state index in [-0.39, 0.29) is 5.41 Å². The van der Waals surface area contributed by atoms with E-state index in [4.69, 9.17) is 0 Å². The molecule has 0 amide bonds. The van der Waals surface area contributed by atoms with Gasteiger partial charge in [0.25, 0.3) is 0 Å². The summed E-state index contributed by atoms with van der Waals surface area (Å²) in [5.74, 6) is 0.497. The lowest BCUT2D eigenvalue weighted by atomic mass is 9.71. The lowest BCUT2D eigenvalue weighted by molar-refractivity contribution is 0.341. The summed E-state index contributed by atoms with van der Waals surface area (Å²) < 4.78 is 0. The van der Waals surface area contributed by atoms with Crippen LogP contribution in [0.4, 0.5) is 0 Å². The zero-order valence-electron chi connectivity index (χ0n) is 9.44. The van der Waals surface area contributed by atoms with Gasteiger partial charge in [-0.25, -0.2) is 0 Å². The summed E-state index contributed by atoms with van der Waals surface area (Å²) in [4.78, 5) is 8.74. The quantitative estimate of drug-likeness (QED) is 0.621. The van der Waals surface area contributed by atoms with Crippen molar-refractivity contribution in [3.63, 3.8) is 0 Å². The molecule has 2 aliphatic rings. The third-order valence-corrected chi connectivity index (χ3v) is 3.39. The Morgan fingerprint density at radius 1 is 1.27 bits per heavy atom. The van der Waals surface area contributed by atoms with Gasteiger partial charge in [0.15, 0.2) is 0 Å². The van der Waals surface area contributed by atoms with E-state index >= 15 is 0 Å². The van der Waals surface area contributed by atoms with E-state index in [9.17, 15) is 0 Å². The van der Waals surface area contributed by atoms with E-state index in [0.717, 1.165) is 5.70 Å². The van der Waals surface area contributed by atoms with Crippen LogP contribution in [-0.4, -0.2) is 12.4 Å². The molecular weight excluding hydrogens is 184 g/mol. The average molecular weight is 200 g/mol. The van der Waals surface area contributed by atoms with Crippen molar-refractivity contribution in [1.82, 2.24) is 0 Å². The van der Waals surface area contributed by atoms with Crippen molar-refractivity contribution >= 4 is 12.4 Å². The standard InChI is InChI=1S/C13H16N2/c1-10(2)13(3)11-5-4-7-15-12(13)6-8-14-9-11/h4-10H,1-3H3. The molecule has 0 saturated carbocycles. The zero-order chi connectivity index (χ0) is 10.9. The van der Waals surface area contributed by atoms with Gasteiger partial charge in [0.1, 0.15) is 0 Å². The molecule has 0 spiro atoms. The predicted octanol–water partition coefficient (Wildman–Crippen LogP) is 3.14. The topological polar surface area (TPSA) is 24.7 Å². The Hall–Kier alpha value is -1.44.